The highest BCUT2D eigenvalue weighted by atomic mass is 19.4. The van der Waals surface area contributed by atoms with Gasteiger partial charge in [-0.1, -0.05) is 20.3 Å². The minimum Gasteiger partial charge on any atom is -0.454 e. The van der Waals surface area contributed by atoms with Crippen molar-refractivity contribution in [2.45, 2.75) is 51.1 Å². The fraction of sp³-hybridized carbons (Fsp3) is 0.500. The molecule has 0 bridgehead atoms. The Balaban J connectivity index is 1.48. The van der Waals surface area contributed by atoms with E-state index in [9.17, 15) is 22.8 Å². The van der Waals surface area contributed by atoms with Gasteiger partial charge >= 0.3 is 6.18 Å². The van der Waals surface area contributed by atoms with Crippen molar-refractivity contribution in [3.63, 3.8) is 0 Å². The third-order valence-electron chi connectivity index (χ3n) is 8.14. The predicted octanol–water partition coefficient (Wildman–Crippen LogP) is 4.87. The van der Waals surface area contributed by atoms with Crippen LogP contribution in [0.2, 0.25) is 0 Å². The second-order valence-electron chi connectivity index (χ2n) is 9.95. The normalized spacial score (nSPS) is 25.9. The molecule has 1 fully saturated rings. The molecule has 10 heteroatoms. The maximum absolute atomic E-state index is 14.5. The summed E-state index contributed by atoms with van der Waals surface area (Å²) in [5, 5.41) is 2.79. The summed E-state index contributed by atoms with van der Waals surface area (Å²) in [5.74, 6) is -2.28. The van der Waals surface area contributed by atoms with Gasteiger partial charge in [0.05, 0.1) is 11.3 Å². The Morgan fingerprint density at radius 3 is 2.75 bits per heavy atom. The molecular weight excluding hydrogens is 475 g/mol. The van der Waals surface area contributed by atoms with E-state index in [0.717, 1.165) is 0 Å². The third-order valence-corrected chi connectivity index (χ3v) is 8.14. The molecule has 0 radical (unpaired) electrons. The monoisotopic (exact) mass is 503 g/mol. The number of nitrogens with zero attached hydrogens (tertiary/aromatic N) is 2. The Hall–Kier alpha value is -3.30. The first kappa shape index (κ1) is 24.4. The zero-order chi connectivity index (χ0) is 25.8. The number of nitrogens with one attached hydrogen (secondary N) is 1. The van der Waals surface area contributed by atoms with Crippen molar-refractivity contribution in [1.29, 1.82) is 0 Å². The van der Waals surface area contributed by atoms with Gasteiger partial charge in [0.2, 0.25) is 12.7 Å². The number of piperidine rings is 1. The number of anilines is 1. The van der Waals surface area contributed by atoms with E-state index in [2.05, 4.69) is 10.3 Å². The number of hydrogen-bond acceptors (Lipinski definition) is 5. The first-order valence-corrected chi connectivity index (χ1v) is 12.1. The quantitative estimate of drug-likeness (QED) is 0.644. The molecule has 4 heterocycles. The first-order valence-electron chi connectivity index (χ1n) is 12.1. The molecule has 1 saturated heterocycles. The molecule has 3 aliphatic rings. The van der Waals surface area contributed by atoms with Crippen molar-refractivity contribution in [1.82, 2.24) is 9.88 Å². The lowest BCUT2D eigenvalue weighted by Crippen LogP contribution is -2.48. The van der Waals surface area contributed by atoms with Crippen LogP contribution in [0.3, 0.4) is 0 Å². The number of pyridine rings is 1. The molecular formula is C26H28F3N3O4. The number of aromatic nitrogens is 1. The van der Waals surface area contributed by atoms with Gasteiger partial charge in [-0.05, 0) is 55.0 Å². The van der Waals surface area contributed by atoms with Gasteiger partial charge in [0, 0.05) is 30.4 Å². The van der Waals surface area contributed by atoms with E-state index >= 15 is 0 Å². The minimum absolute atomic E-state index is 0.0394. The molecule has 4 unspecified atom stereocenters. The average molecular weight is 504 g/mol. The van der Waals surface area contributed by atoms with E-state index in [0.29, 0.717) is 34.9 Å². The zero-order valence-electron chi connectivity index (χ0n) is 20.3. The number of halogens is 3. The lowest BCUT2D eigenvalue weighted by atomic mass is 9.68. The fourth-order valence-corrected chi connectivity index (χ4v) is 5.71. The van der Waals surface area contributed by atoms with Gasteiger partial charge in [-0.25, -0.2) is 4.98 Å². The molecule has 2 amide bonds. The lowest BCUT2D eigenvalue weighted by molar-refractivity contribution is -0.189. The molecule has 1 aromatic heterocycles. The van der Waals surface area contributed by atoms with Crippen LogP contribution >= 0.6 is 0 Å². The van der Waals surface area contributed by atoms with Gasteiger partial charge in [-0.15, -0.1) is 0 Å². The standard InChI is InChI=1S/C26H28F3N3O4/c1-4-14(2)25(3)21-17(7-9-30-22(21)31-24(25)34)16-8-10-32(12-18(16)26(27,28)29)23(33)15-5-6-19-20(11-15)36-13-35-19/h5-7,9,11,14,16,18H,4,8,10,12-13H2,1-3H3,(H,30,31,34). The van der Waals surface area contributed by atoms with Gasteiger partial charge in [-0.3, -0.25) is 9.59 Å². The molecule has 0 aliphatic carbocycles. The molecule has 0 spiro atoms. The Morgan fingerprint density at radius 2 is 2.03 bits per heavy atom. The molecule has 7 nitrogen and oxygen atoms in total. The second-order valence-corrected chi connectivity index (χ2v) is 9.95. The lowest BCUT2D eigenvalue weighted by Gasteiger charge is -2.41. The molecule has 36 heavy (non-hydrogen) atoms. The number of alkyl halides is 3. The number of rotatable bonds is 4. The van der Waals surface area contributed by atoms with Crippen LogP contribution in [0.25, 0.3) is 0 Å². The summed E-state index contributed by atoms with van der Waals surface area (Å²) in [5.41, 5.74) is 0.309. The number of likely N-dealkylation sites (tertiary alicyclic amines) is 1. The minimum atomic E-state index is -4.54. The van der Waals surface area contributed by atoms with Crippen LogP contribution in [-0.4, -0.2) is 47.8 Å². The van der Waals surface area contributed by atoms with E-state index in [4.69, 9.17) is 9.47 Å². The van der Waals surface area contributed by atoms with Gasteiger partial charge < -0.3 is 19.7 Å². The van der Waals surface area contributed by atoms with Gasteiger partial charge in [0.1, 0.15) is 5.82 Å². The van der Waals surface area contributed by atoms with Crippen molar-refractivity contribution in [2.75, 3.05) is 25.2 Å². The maximum atomic E-state index is 14.5. The molecule has 3 aliphatic heterocycles. The molecule has 192 valence electrons. The summed E-state index contributed by atoms with van der Waals surface area (Å²) in [6.45, 7) is 5.39. The average Bonchev–Trinajstić information content (AvgIpc) is 3.44. The van der Waals surface area contributed by atoms with Crippen molar-refractivity contribution >= 4 is 17.6 Å². The number of ether oxygens (including phenoxy) is 2. The van der Waals surface area contributed by atoms with Crippen LogP contribution in [0, 0.1) is 11.8 Å². The summed E-state index contributed by atoms with van der Waals surface area (Å²) in [7, 11) is 0. The van der Waals surface area contributed by atoms with E-state index < -0.39 is 35.9 Å². The highest BCUT2D eigenvalue weighted by Gasteiger charge is 2.53. The van der Waals surface area contributed by atoms with E-state index in [-0.39, 0.29) is 37.1 Å². The Kier molecular flexibility index (Phi) is 5.88. The van der Waals surface area contributed by atoms with Crippen LogP contribution in [0.4, 0.5) is 19.0 Å². The van der Waals surface area contributed by atoms with Crippen LogP contribution in [-0.2, 0) is 10.2 Å². The highest BCUT2D eigenvalue weighted by molar-refractivity contribution is 6.05. The van der Waals surface area contributed by atoms with Crippen molar-refractivity contribution in [3.8, 4) is 11.5 Å². The van der Waals surface area contributed by atoms with Gasteiger partial charge in [0.25, 0.3) is 5.91 Å². The third kappa shape index (κ3) is 3.77. The number of hydrogen-bond donors (Lipinski definition) is 1. The van der Waals surface area contributed by atoms with E-state index in [1.54, 1.807) is 19.1 Å². The highest BCUT2D eigenvalue weighted by Crippen LogP contribution is 2.51. The largest absolute Gasteiger partial charge is 0.454 e. The molecule has 4 atom stereocenters. The smallest absolute Gasteiger partial charge is 0.394 e. The summed E-state index contributed by atoms with van der Waals surface area (Å²) in [4.78, 5) is 31.7. The van der Waals surface area contributed by atoms with E-state index in [1.807, 2.05) is 13.8 Å². The van der Waals surface area contributed by atoms with Crippen LogP contribution in [0.1, 0.15) is 61.0 Å². The predicted molar refractivity (Wildman–Crippen MR) is 125 cm³/mol. The van der Waals surface area contributed by atoms with Crippen molar-refractivity contribution in [2.24, 2.45) is 11.8 Å². The number of amides is 2. The molecule has 1 aromatic carbocycles. The number of benzene rings is 1. The SMILES string of the molecule is CCC(C)C1(C)C(=O)Nc2nccc(C3CCN(C(=O)c4ccc5c(c4)OCO5)CC3C(F)(F)F)c21. The van der Waals surface area contributed by atoms with Crippen molar-refractivity contribution < 1.29 is 32.2 Å². The van der Waals surface area contributed by atoms with Crippen LogP contribution in [0.15, 0.2) is 30.5 Å². The summed E-state index contributed by atoms with van der Waals surface area (Å²) >= 11 is 0. The summed E-state index contributed by atoms with van der Waals surface area (Å²) in [6.07, 6.45) is -2.30. The molecule has 1 N–H and O–H groups in total. The zero-order valence-corrected chi connectivity index (χ0v) is 20.3. The molecule has 2 aromatic rings. The Bertz CT molecular complexity index is 1220. The van der Waals surface area contributed by atoms with E-state index in [1.165, 1.54) is 23.2 Å². The Morgan fingerprint density at radius 1 is 1.28 bits per heavy atom. The number of carbonyl (C=O) groups excluding carboxylic acids is 2. The number of carbonyl (C=O) groups is 2. The van der Waals surface area contributed by atoms with Gasteiger partial charge in [0.15, 0.2) is 11.5 Å². The fourth-order valence-electron chi connectivity index (χ4n) is 5.71. The second kappa shape index (κ2) is 8.67. The van der Waals surface area contributed by atoms with Crippen LogP contribution in [0.5, 0.6) is 11.5 Å². The van der Waals surface area contributed by atoms with Crippen LogP contribution < -0.4 is 14.8 Å². The molecule has 0 saturated carbocycles. The molecule has 5 rings (SSSR count). The first-order chi connectivity index (χ1) is 17.1. The number of fused-ring (bicyclic) bond motifs is 2. The topological polar surface area (TPSA) is 80.8 Å². The Labute approximate surface area is 207 Å². The maximum Gasteiger partial charge on any atom is 0.394 e. The van der Waals surface area contributed by atoms with Crippen molar-refractivity contribution in [3.05, 3.63) is 47.2 Å². The summed E-state index contributed by atoms with van der Waals surface area (Å²) < 4.78 is 54.0. The summed E-state index contributed by atoms with van der Waals surface area (Å²) in [6, 6.07) is 6.24. The van der Waals surface area contributed by atoms with Gasteiger partial charge in [-0.2, -0.15) is 13.2 Å².